The molecule has 0 amide bonds. The zero-order valence-electron chi connectivity index (χ0n) is 10.6. The van der Waals surface area contributed by atoms with Crippen LogP contribution in [0.2, 0.25) is 0 Å². The second kappa shape index (κ2) is 5.12. The highest BCUT2D eigenvalue weighted by molar-refractivity contribution is 5.64. The summed E-state index contributed by atoms with van der Waals surface area (Å²) >= 11 is 0. The molecule has 16 heavy (non-hydrogen) atoms. The Labute approximate surface area is 97.0 Å². The normalized spacial score (nSPS) is 12.6. The number of methoxy groups -OCH3 is 1. The van der Waals surface area contributed by atoms with Gasteiger partial charge in [-0.05, 0) is 50.7 Å². The molecule has 0 fully saturated rings. The summed E-state index contributed by atoms with van der Waals surface area (Å²) in [5, 5.41) is 0. The van der Waals surface area contributed by atoms with Crippen LogP contribution in [0.3, 0.4) is 0 Å². The van der Waals surface area contributed by atoms with Gasteiger partial charge < -0.3 is 9.53 Å². The summed E-state index contributed by atoms with van der Waals surface area (Å²) in [6.07, 6.45) is 0.967. The fourth-order valence-corrected chi connectivity index (χ4v) is 1.83. The smallest absolute Gasteiger partial charge is 0.141 e. The van der Waals surface area contributed by atoms with E-state index in [1.54, 1.807) is 7.11 Å². The molecule has 0 N–H and O–H groups in total. The van der Waals surface area contributed by atoms with E-state index in [0.717, 1.165) is 28.7 Å². The number of carbonyl (C=O) groups is 1. The van der Waals surface area contributed by atoms with Gasteiger partial charge >= 0.3 is 0 Å². The first-order valence-corrected chi connectivity index (χ1v) is 5.28. The highest BCUT2D eigenvalue weighted by Gasteiger charge is 2.17. The lowest BCUT2D eigenvalue weighted by Crippen LogP contribution is -2.22. The van der Waals surface area contributed by atoms with Crippen molar-refractivity contribution in [1.82, 2.24) is 4.90 Å². The number of hydrogen-bond donors (Lipinski definition) is 0. The van der Waals surface area contributed by atoms with Gasteiger partial charge in [0.15, 0.2) is 0 Å². The zero-order valence-corrected chi connectivity index (χ0v) is 10.6. The van der Waals surface area contributed by atoms with Crippen LogP contribution in [0.15, 0.2) is 12.1 Å². The molecule has 0 saturated carbocycles. The summed E-state index contributed by atoms with van der Waals surface area (Å²) in [5.41, 5.74) is 3.25. The number of carbonyl (C=O) groups excluding carboxylic acids is 1. The Morgan fingerprint density at radius 3 is 2.31 bits per heavy atom. The minimum Gasteiger partial charge on any atom is -0.496 e. The Balaban J connectivity index is 3.25. The maximum absolute atomic E-state index is 11.1. The van der Waals surface area contributed by atoms with E-state index >= 15 is 0 Å². The molecular weight excluding hydrogens is 202 g/mol. The van der Waals surface area contributed by atoms with Gasteiger partial charge in [-0.2, -0.15) is 0 Å². The number of rotatable bonds is 4. The largest absolute Gasteiger partial charge is 0.496 e. The van der Waals surface area contributed by atoms with Gasteiger partial charge in [0.05, 0.1) is 13.2 Å². The molecule has 0 heterocycles. The van der Waals surface area contributed by atoms with Gasteiger partial charge in [0.1, 0.15) is 12.0 Å². The standard InChI is InChI=1S/C13H19NO2/c1-9-10(2)13(16-5)7-6-11(9)12(8-15)14(3)4/h6-8,12H,1-5H3. The summed E-state index contributed by atoms with van der Waals surface area (Å²) in [7, 11) is 5.46. The van der Waals surface area contributed by atoms with Gasteiger partial charge in [-0.1, -0.05) is 6.07 Å². The van der Waals surface area contributed by atoms with E-state index in [1.165, 1.54) is 0 Å². The van der Waals surface area contributed by atoms with E-state index in [0.29, 0.717) is 0 Å². The molecule has 3 heteroatoms. The van der Waals surface area contributed by atoms with Crippen LogP contribution < -0.4 is 4.74 Å². The van der Waals surface area contributed by atoms with E-state index < -0.39 is 0 Å². The highest BCUT2D eigenvalue weighted by Crippen LogP contribution is 2.28. The summed E-state index contributed by atoms with van der Waals surface area (Å²) in [6, 6.07) is 3.68. The highest BCUT2D eigenvalue weighted by atomic mass is 16.5. The molecule has 1 aromatic rings. The fourth-order valence-electron chi connectivity index (χ4n) is 1.83. The van der Waals surface area contributed by atoms with E-state index in [9.17, 15) is 4.79 Å². The molecule has 1 atom stereocenters. The first-order chi connectivity index (χ1) is 7.52. The average molecular weight is 221 g/mol. The van der Waals surface area contributed by atoms with Crippen LogP contribution in [0.25, 0.3) is 0 Å². The van der Waals surface area contributed by atoms with Crippen molar-refractivity contribution in [2.24, 2.45) is 0 Å². The first-order valence-electron chi connectivity index (χ1n) is 5.28. The molecule has 0 aromatic heterocycles. The van der Waals surface area contributed by atoms with E-state index in [-0.39, 0.29) is 6.04 Å². The van der Waals surface area contributed by atoms with Crippen LogP contribution in [0, 0.1) is 13.8 Å². The van der Waals surface area contributed by atoms with Gasteiger partial charge in [-0.3, -0.25) is 4.90 Å². The molecule has 0 bridgehead atoms. The second-order valence-corrected chi connectivity index (χ2v) is 4.15. The molecule has 0 saturated heterocycles. The molecule has 88 valence electrons. The third kappa shape index (κ3) is 2.25. The number of likely N-dealkylation sites (N-methyl/N-ethyl adjacent to an activating group) is 1. The van der Waals surface area contributed by atoms with Crippen molar-refractivity contribution in [3.63, 3.8) is 0 Å². The summed E-state index contributed by atoms with van der Waals surface area (Å²) < 4.78 is 5.25. The van der Waals surface area contributed by atoms with Crippen LogP contribution in [0.1, 0.15) is 22.7 Å². The van der Waals surface area contributed by atoms with Crippen LogP contribution in [0.5, 0.6) is 5.75 Å². The maximum Gasteiger partial charge on any atom is 0.141 e. The van der Waals surface area contributed by atoms with Crippen molar-refractivity contribution in [3.05, 3.63) is 28.8 Å². The van der Waals surface area contributed by atoms with Crippen molar-refractivity contribution in [1.29, 1.82) is 0 Å². The number of benzene rings is 1. The molecule has 0 spiro atoms. The Bertz CT molecular complexity index is 386. The van der Waals surface area contributed by atoms with Crippen molar-refractivity contribution in [2.45, 2.75) is 19.9 Å². The summed E-state index contributed by atoms with van der Waals surface area (Å²) in [6.45, 7) is 4.03. The maximum atomic E-state index is 11.1. The Morgan fingerprint density at radius 2 is 1.88 bits per heavy atom. The van der Waals surface area contributed by atoms with Crippen LogP contribution in [-0.4, -0.2) is 32.4 Å². The fraction of sp³-hybridized carbons (Fsp3) is 0.462. The van der Waals surface area contributed by atoms with Gasteiger partial charge in [0.25, 0.3) is 0 Å². The average Bonchev–Trinajstić information content (AvgIpc) is 2.25. The van der Waals surface area contributed by atoms with Gasteiger partial charge in [-0.25, -0.2) is 0 Å². The van der Waals surface area contributed by atoms with Crippen molar-refractivity contribution < 1.29 is 9.53 Å². The lowest BCUT2D eigenvalue weighted by Gasteiger charge is -2.22. The number of hydrogen-bond acceptors (Lipinski definition) is 3. The molecule has 1 aromatic carbocycles. The van der Waals surface area contributed by atoms with Crippen LogP contribution in [-0.2, 0) is 4.79 Å². The van der Waals surface area contributed by atoms with E-state index in [4.69, 9.17) is 4.74 Å². The number of aldehydes is 1. The number of ether oxygens (including phenoxy) is 1. The number of nitrogens with zero attached hydrogens (tertiary/aromatic N) is 1. The molecule has 0 aliphatic carbocycles. The third-order valence-electron chi connectivity index (χ3n) is 3.00. The SMILES string of the molecule is COc1ccc(C(C=O)N(C)C)c(C)c1C. The van der Waals surface area contributed by atoms with E-state index in [1.807, 2.05) is 45.0 Å². The van der Waals surface area contributed by atoms with Gasteiger partial charge in [-0.15, -0.1) is 0 Å². The topological polar surface area (TPSA) is 29.5 Å². The zero-order chi connectivity index (χ0) is 12.3. The second-order valence-electron chi connectivity index (χ2n) is 4.15. The van der Waals surface area contributed by atoms with Crippen molar-refractivity contribution in [2.75, 3.05) is 21.2 Å². The van der Waals surface area contributed by atoms with Gasteiger partial charge in [0.2, 0.25) is 0 Å². The predicted molar refractivity (Wildman–Crippen MR) is 65.0 cm³/mol. The minimum atomic E-state index is -0.190. The Hall–Kier alpha value is -1.35. The summed E-state index contributed by atoms with van der Waals surface area (Å²) in [4.78, 5) is 13.0. The molecule has 0 radical (unpaired) electrons. The predicted octanol–water partition coefficient (Wildman–Crippen LogP) is 2.11. The molecule has 0 aliphatic heterocycles. The lowest BCUT2D eigenvalue weighted by atomic mass is 9.97. The summed E-state index contributed by atoms with van der Waals surface area (Å²) in [5.74, 6) is 0.865. The monoisotopic (exact) mass is 221 g/mol. The molecule has 1 rings (SSSR count). The van der Waals surface area contributed by atoms with E-state index in [2.05, 4.69) is 0 Å². The molecular formula is C13H19NO2. The molecule has 3 nitrogen and oxygen atoms in total. The third-order valence-corrected chi connectivity index (χ3v) is 3.00. The quantitative estimate of drug-likeness (QED) is 0.729. The Kier molecular flexibility index (Phi) is 4.07. The molecule has 1 unspecified atom stereocenters. The van der Waals surface area contributed by atoms with Gasteiger partial charge in [0, 0.05) is 0 Å². The molecule has 0 aliphatic rings. The van der Waals surface area contributed by atoms with Crippen molar-refractivity contribution >= 4 is 6.29 Å². The minimum absolute atomic E-state index is 0.190. The Morgan fingerprint density at radius 1 is 1.25 bits per heavy atom. The first kappa shape index (κ1) is 12.7. The van der Waals surface area contributed by atoms with Crippen LogP contribution in [0.4, 0.5) is 0 Å². The van der Waals surface area contributed by atoms with Crippen molar-refractivity contribution in [3.8, 4) is 5.75 Å². The lowest BCUT2D eigenvalue weighted by molar-refractivity contribution is -0.111. The van der Waals surface area contributed by atoms with Crippen LogP contribution >= 0.6 is 0 Å².